The molecule has 0 bridgehead atoms. The van der Waals surface area contributed by atoms with Gasteiger partial charge < -0.3 is 38.5 Å². The molecule has 4 aromatic rings. The number of hydrogen-bond donors (Lipinski definition) is 1. The molecule has 5 rings (SSSR count). The normalized spacial score (nSPS) is 20.5. The first-order valence-corrected chi connectivity index (χ1v) is 18.5. The number of carbonyl (C=O) groups is 2. The fourth-order valence-corrected chi connectivity index (χ4v) is 6.29. The molecule has 1 saturated heterocycles. The van der Waals surface area contributed by atoms with Crippen LogP contribution >= 0.6 is 0 Å². The van der Waals surface area contributed by atoms with Gasteiger partial charge in [0.2, 0.25) is 0 Å². The number of hydrogen-bond acceptors (Lipinski definition) is 9. The maximum absolute atomic E-state index is 13.0. The molecule has 0 spiro atoms. The maximum atomic E-state index is 13.0. The summed E-state index contributed by atoms with van der Waals surface area (Å²) in [6, 6.07) is 38.7. The summed E-state index contributed by atoms with van der Waals surface area (Å²) in [5.74, 6) is -0.595. The van der Waals surface area contributed by atoms with Gasteiger partial charge in [0, 0.05) is 0 Å². The molecule has 54 heavy (non-hydrogen) atoms. The summed E-state index contributed by atoms with van der Waals surface area (Å²) in [5.41, 5.74) is 3.25. The molecule has 1 amide bonds. The van der Waals surface area contributed by atoms with Crippen LogP contribution in [0.4, 0.5) is 4.79 Å². The molecule has 6 atom stereocenters. The summed E-state index contributed by atoms with van der Waals surface area (Å²) in [6.07, 6.45) is -3.25. The second kappa shape index (κ2) is 20.8. The zero-order valence-electron chi connectivity index (χ0n) is 31.6. The monoisotopic (exact) mass is 739 g/mol. The Kier molecular flexibility index (Phi) is 15.6. The quantitative estimate of drug-likeness (QED) is 0.103. The smallest absolute Gasteiger partial charge is 0.408 e. The van der Waals surface area contributed by atoms with E-state index in [4.69, 9.17) is 33.2 Å². The summed E-state index contributed by atoms with van der Waals surface area (Å²) in [4.78, 5) is 25.8. The maximum Gasteiger partial charge on any atom is 0.408 e. The van der Waals surface area contributed by atoms with Crippen molar-refractivity contribution in [3.63, 3.8) is 0 Å². The molecule has 10 nitrogen and oxygen atoms in total. The second-order valence-corrected chi connectivity index (χ2v) is 14.3. The van der Waals surface area contributed by atoms with Crippen molar-refractivity contribution in [1.82, 2.24) is 5.32 Å². The topological polar surface area (TPSA) is 111 Å². The fourth-order valence-electron chi connectivity index (χ4n) is 6.29. The van der Waals surface area contributed by atoms with Crippen LogP contribution in [0.25, 0.3) is 0 Å². The van der Waals surface area contributed by atoms with E-state index in [0.717, 1.165) is 22.3 Å². The molecule has 0 unspecified atom stereocenters. The van der Waals surface area contributed by atoms with Gasteiger partial charge in [-0.15, -0.1) is 0 Å². The summed E-state index contributed by atoms with van der Waals surface area (Å²) in [7, 11) is 1.29. The predicted octanol–water partition coefficient (Wildman–Crippen LogP) is 7.57. The lowest BCUT2D eigenvalue weighted by Gasteiger charge is -2.46. The number of methoxy groups -OCH3 is 1. The lowest BCUT2D eigenvalue weighted by atomic mass is 9.90. The Hall–Kier alpha value is -4.58. The lowest BCUT2D eigenvalue weighted by Crippen LogP contribution is -2.61. The average molecular weight is 740 g/mol. The van der Waals surface area contributed by atoms with Gasteiger partial charge in [0.1, 0.15) is 36.1 Å². The minimum Gasteiger partial charge on any atom is -0.467 e. The highest BCUT2D eigenvalue weighted by molar-refractivity contribution is 5.81. The number of nitrogens with one attached hydrogen (secondary N) is 1. The molecule has 1 fully saturated rings. The largest absolute Gasteiger partial charge is 0.467 e. The van der Waals surface area contributed by atoms with Crippen LogP contribution in [0.1, 0.15) is 55.9 Å². The minimum absolute atomic E-state index is 0.181. The summed E-state index contributed by atoms with van der Waals surface area (Å²) < 4.78 is 44.1. The molecule has 0 saturated carbocycles. The van der Waals surface area contributed by atoms with Crippen molar-refractivity contribution in [2.75, 3.05) is 13.7 Å². The van der Waals surface area contributed by atoms with Crippen LogP contribution in [-0.2, 0) is 64.4 Å². The summed E-state index contributed by atoms with van der Waals surface area (Å²) in [5, 5.41) is 2.69. The van der Waals surface area contributed by atoms with Gasteiger partial charge in [-0.25, -0.2) is 9.59 Å². The third kappa shape index (κ3) is 13.1. The molecule has 10 heteroatoms. The molecular formula is C44H53NO9. The molecular weight excluding hydrogens is 686 g/mol. The third-order valence-electron chi connectivity index (χ3n) is 8.90. The van der Waals surface area contributed by atoms with Gasteiger partial charge in [0.15, 0.2) is 0 Å². The number of esters is 1. The highest BCUT2D eigenvalue weighted by atomic mass is 16.6. The van der Waals surface area contributed by atoms with E-state index < -0.39 is 54.2 Å². The van der Waals surface area contributed by atoms with Gasteiger partial charge in [-0.1, -0.05) is 121 Å². The van der Waals surface area contributed by atoms with E-state index >= 15 is 0 Å². The van der Waals surface area contributed by atoms with Crippen LogP contribution in [0.3, 0.4) is 0 Å². The van der Waals surface area contributed by atoms with E-state index in [1.165, 1.54) is 7.11 Å². The molecule has 4 aromatic carbocycles. The minimum atomic E-state index is -0.994. The van der Waals surface area contributed by atoms with Crippen molar-refractivity contribution in [2.24, 2.45) is 0 Å². The van der Waals surface area contributed by atoms with Crippen LogP contribution in [0.2, 0.25) is 0 Å². The third-order valence-corrected chi connectivity index (χ3v) is 8.90. The van der Waals surface area contributed by atoms with Crippen LogP contribution in [0.5, 0.6) is 0 Å². The number of alkyl carbamates (subject to hydrolysis) is 1. The van der Waals surface area contributed by atoms with Crippen LogP contribution in [0, 0.1) is 0 Å². The second-order valence-electron chi connectivity index (χ2n) is 14.3. The zero-order chi connectivity index (χ0) is 38.2. The van der Waals surface area contributed by atoms with Crippen LogP contribution < -0.4 is 5.32 Å². The van der Waals surface area contributed by atoms with E-state index in [0.29, 0.717) is 26.2 Å². The number of benzene rings is 4. The van der Waals surface area contributed by atoms with E-state index in [1.54, 1.807) is 20.8 Å². The van der Waals surface area contributed by atoms with Crippen molar-refractivity contribution in [1.29, 1.82) is 0 Å². The molecule has 1 N–H and O–H groups in total. The van der Waals surface area contributed by atoms with Crippen molar-refractivity contribution in [3.05, 3.63) is 144 Å². The predicted molar refractivity (Wildman–Crippen MR) is 204 cm³/mol. The van der Waals surface area contributed by atoms with Crippen molar-refractivity contribution >= 4 is 12.1 Å². The first-order valence-electron chi connectivity index (χ1n) is 18.5. The number of carbonyl (C=O) groups excluding carboxylic acids is 2. The highest BCUT2D eigenvalue weighted by Crippen LogP contribution is 2.33. The Labute approximate surface area is 319 Å². The molecule has 1 heterocycles. The first-order chi connectivity index (χ1) is 26.2. The first kappa shape index (κ1) is 40.6. The Morgan fingerprint density at radius 2 is 1.06 bits per heavy atom. The van der Waals surface area contributed by atoms with E-state index in [2.05, 4.69) is 5.32 Å². The van der Waals surface area contributed by atoms with Crippen LogP contribution in [-0.4, -0.2) is 67.9 Å². The Morgan fingerprint density at radius 3 is 1.50 bits per heavy atom. The molecule has 288 valence electrons. The Bertz CT molecular complexity index is 1670. The molecule has 0 aromatic heterocycles. The van der Waals surface area contributed by atoms with Crippen molar-refractivity contribution in [2.45, 2.75) is 102 Å². The summed E-state index contributed by atoms with van der Waals surface area (Å²) >= 11 is 0. The lowest BCUT2D eigenvalue weighted by molar-refractivity contribution is -0.273. The number of amides is 1. The van der Waals surface area contributed by atoms with Crippen molar-refractivity contribution in [3.8, 4) is 0 Å². The SMILES string of the molecule is COC(=O)[C@H](CC[C@@H]1O[C@H](COCc2ccccc2)[C@@H](OCc2ccccc2)[C@H](OCc2ccccc2)[C@H]1OCc1ccccc1)NC(=O)OC(C)(C)C. The Balaban J connectivity index is 1.46. The van der Waals surface area contributed by atoms with Gasteiger partial charge in [0.05, 0.1) is 46.2 Å². The molecule has 0 radical (unpaired) electrons. The number of ether oxygens (including phenoxy) is 7. The van der Waals surface area contributed by atoms with Gasteiger partial charge in [-0.3, -0.25) is 0 Å². The van der Waals surface area contributed by atoms with Gasteiger partial charge in [-0.05, 0) is 55.9 Å². The van der Waals surface area contributed by atoms with Crippen LogP contribution in [0.15, 0.2) is 121 Å². The highest BCUT2D eigenvalue weighted by Gasteiger charge is 2.48. The standard InChI is InChI=1S/C44H53NO9/c1-44(2,3)54-43(47)45-36(42(46)48-4)25-26-37-39(50-28-33-19-11-6-12-20-33)41(52-30-35-23-15-8-16-24-35)40(51-29-34-21-13-7-14-22-34)38(53-37)31-49-27-32-17-9-5-10-18-32/h5-24,36-41H,25-31H2,1-4H3,(H,45,47)/t36-,37-,38+,39-,40+,41+/m0/s1. The Morgan fingerprint density at radius 1 is 0.630 bits per heavy atom. The number of rotatable bonds is 18. The van der Waals surface area contributed by atoms with Gasteiger partial charge in [0.25, 0.3) is 0 Å². The van der Waals surface area contributed by atoms with Gasteiger partial charge in [-0.2, -0.15) is 0 Å². The van der Waals surface area contributed by atoms with E-state index in [9.17, 15) is 9.59 Å². The fraction of sp³-hybridized carbons (Fsp3) is 0.409. The van der Waals surface area contributed by atoms with Gasteiger partial charge >= 0.3 is 12.1 Å². The van der Waals surface area contributed by atoms with E-state index in [-0.39, 0.29) is 19.6 Å². The van der Waals surface area contributed by atoms with Crippen molar-refractivity contribution < 1.29 is 42.7 Å². The zero-order valence-corrected chi connectivity index (χ0v) is 31.6. The van der Waals surface area contributed by atoms with E-state index in [1.807, 2.05) is 121 Å². The summed E-state index contributed by atoms with van der Waals surface area (Å²) in [6.45, 7) is 6.77. The molecule has 1 aliphatic rings. The average Bonchev–Trinajstić information content (AvgIpc) is 3.18. The molecule has 1 aliphatic heterocycles. The molecule has 0 aliphatic carbocycles.